The summed E-state index contributed by atoms with van der Waals surface area (Å²) in [6, 6.07) is 0. The highest BCUT2D eigenvalue weighted by Crippen LogP contribution is 2.19. The Morgan fingerprint density at radius 3 is 0.556 bits per heavy atom. The minimum atomic E-state index is -0.760. The van der Waals surface area contributed by atoms with Crippen LogP contribution < -0.4 is 0 Å². The third kappa shape index (κ3) is 59.3. The van der Waals surface area contributed by atoms with E-state index in [4.69, 9.17) is 14.2 Å². The highest BCUT2D eigenvalue weighted by atomic mass is 16.6. The molecule has 6 nitrogen and oxygen atoms in total. The quantitative estimate of drug-likeness (QED) is 0.0343. The summed E-state index contributed by atoms with van der Waals surface area (Å²) in [4.78, 5) is 37.9. The molecule has 0 spiro atoms. The average Bonchev–Trinajstić information content (AvgIpc) is 3.38. The molecule has 0 aromatic heterocycles. The van der Waals surface area contributed by atoms with Crippen molar-refractivity contribution in [1.29, 1.82) is 0 Å². The molecule has 0 amide bonds. The van der Waals surface area contributed by atoms with Gasteiger partial charge in [-0.05, 0) is 19.3 Å². The van der Waals surface area contributed by atoms with E-state index in [1.807, 2.05) is 0 Å². The molecule has 0 radical (unpaired) electrons. The number of ether oxygens (including phenoxy) is 3. The van der Waals surface area contributed by atoms with Gasteiger partial charge in [0, 0.05) is 19.3 Å². The molecule has 0 N–H and O–H groups in total. The van der Waals surface area contributed by atoms with Crippen LogP contribution in [0, 0.1) is 0 Å². The monoisotopic (exact) mass is 1020 g/mol. The summed E-state index contributed by atoms with van der Waals surface area (Å²) in [6.07, 6.45) is 71.8. The Morgan fingerprint density at radius 2 is 0.375 bits per heavy atom. The zero-order chi connectivity index (χ0) is 52.2. The molecule has 0 bridgehead atoms. The van der Waals surface area contributed by atoms with Crippen LogP contribution in [-0.2, 0) is 28.6 Å². The van der Waals surface area contributed by atoms with Crippen molar-refractivity contribution < 1.29 is 28.6 Å². The van der Waals surface area contributed by atoms with Crippen LogP contribution in [0.2, 0.25) is 0 Å². The lowest BCUT2D eigenvalue weighted by Crippen LogP contribution is -2.30. The zero-order valence-electron chi connectivity index (χ0n) is 49.2. The normalized spacial score (nSPS) is 11.9. The zero-order valence-corrected chi connectivity index (χ0v) is 49.2. The van der Waals surface area contributed by atoms with Gasteiger partial charge in [0.25, 0.3) is 0 Å². The molecule has 0 saturated carbocycles. The molecule has 0 rings (SSSR count). The van der Waals surface area contributed by atoms with Crippen LogP contribution in [0.5, 0.6) is 0 Å². The number of hydrogen-bond acceptors (Lipinski definition) is 6. The second kappa shape index (κ2) is 62.0. The van der Waals surface area contributed by atoms with Gasteiger partial charge in [0.15, 0.2) is 6.10 Å². The standard InChI is InChI=1S/C66H128O6/c1-4-7-10-13-16-18-20-22-24-25-26-27-28-29-30-31-32-33-34-35-36-37-38-39-40-41-42-43-45-46-48-50-53-56-59-65(68)71-62-63(61-70-64(67)58-55-52-15-12-9-6-3)72-66(69)60-57-54-51-49-47-44-23-21-19-17-14-11-8-5-2/h63H,4-62H2,1-3H3. The van der Waals surface area contributed by atoms with Crippen molar-refractivity contribution >= 4 is 17.9 Å². The van der Waals surface area contributed by atoms with E-state index in [2.05, 4.69) is 20.8 Å². The van der Waals surface area contributed by atoms with Crippen LogP contribution in [0.15, 0.2) is 0 Å². The van der Waals surface area contributed by atoms with Crippen molar-refractivity contribution in [2.24, 2.45) is 0 Å². The predicted molar refractivity (Wildman–Crippen MR) is 312 cm³/mol. The van der Waals surface area contributed by atoms with E-state index in [-0.39, 0.29) is 31.1 Å². The average molecular weight is 1020 g/mol. The van der Waals surface area contributed by atoms with E-state index in [0.717, 1.165) is 57.8 Å². The molecule has 6 heteroatoms. The Labute approximate surface area is 450 Å². The van der Waals surface area contributed by atoms with Crippen LogP contribution in [0.3, 0.4) is 0 Å². The molecule has 1 unspecified atom stereocenters. The van der Waals surface area contributed by atoms with Gasteiger partial charge in [0.1, 0.15) is 13.2 Å². The van der Waals surface area contributed by atoms with Crippen LogP contribution in [-0.4, -0.2) is 37.2 Å². The lowest BCUT2D eigenvalue weighted by molar-refractivity contribution is -0.167. The smallest absolute Gasteiger partial charge is 0.306 e. The van der Waals surface area contributed by atoms with Gasteiger partial charge < -0.3 is 14.2 Å². The molecule has 0 fully saturated rings. The number of carbonyl (C=O) groups excluding carboxylic acids is 3. The second-order valence-corrected chi connectivity index (χ2v) is 22.8. The van der Waals surface area contributed by atoms with Crippen LogP contribution >= 0.6 is 0 Å². The Hall–Kier alpha value is -1.59. The Morgan fingerprint density at radius 1 is 0.222 bits per heavy atom. The molecule has 0 aromatic rings. The van der Waals surface area contributed by atoms with Gasteiger partial charge in [-0.2, -0.15) is 0 Å². The number of hydrogen-bond donors (Lipinski definition) is 0. The van der Waals surface area contributed by atoms with Crippen molar-refractivity contribution in [2.75, 3.05) is 13.2 Å². The van der Waals surface area contributed by atoms with E-state index in [1.54, 1.807) is 0 Å². The lowest BCUT2D eigenvalue weighted by Gasteiger charge is -2.18. The number of rotatable bonds is 62. The lowest BCUT2D eigenvalue weighted by atomic mass is 10.0. The first kappa shape index (κ1) is 70.4. The molecule has 428 valence electrons. The molecule has 0 heterocycles. The molecule has 72 heavy (non-hydrogen) atoms. The van der Waals surface area contributed by atoms with Gasteiger partial charge >= 0.3 is 17.9 Å². The Balaban J connectivity index is 3.83. The van der Waals surface area contributed by atoms with Gasteiger partial charge in [0.05, 0.1) is 0 Å². The fourth-order valence-corrected chi connectivity index (χ4v) is 10.4. The molecule has 0 aliphatic rings. The molecule has 0 aliphatic carbocycles. The van der Waals surface area contributed by atoms with Crippen molar-refractivity contribution in [3.63, 3.8) is 0 Å². The van der Waals surface area contributed by atoms with Gasteiger partial charge in [0.2, 0.25) is 0 Å². The molecular weight excluding hydrogens is 889 g/mol. The van der Waals surface area contributed by atoms with E-state index in [9.17, 15) is 14.4 Å². The third-order valence-corrected chi connectivity index (χ3v) is 15.4. The van der Waals surface area contributed by atoms with E-state index in [0.29, 0.717) is 19.3 Å². The van der Waals surface area contributed by atoms with E-state index in [1.165, 1.54) is 289 Å². The minimum absolute atomic E-state index is 0.0622. The predicted octanol–water partition coefficient (Wildman–Crippen LogP) is 22.3. The number of unbranched alkanes of at least 4 members (excludes halogenated alkanes) is 51. The van der Waals surface area contributed by atoms with Crippen LogP contribution in [0.4, 0.5) is 0 Å². The van der Waals surface area contributed by atoms with Gasteiger partial charge in [-0.25, -0.2) is 0 Å². The third-order valence-electron chi connectivity index (χ3n) is 15.4. The van der Waals surface area contributed by atoms with E-state index < -0.39 is 6.10 Å². The van der Waals surface area contributed by atoms with Gasteiger partial charge in [-0.15, -0.1) is 0 Å². The van der Waals surface area contributed by atoms with Crippen molar-refractivity contribution in [2.45, 2.75) is 393 Å². The first-order chi connectivity index (χ1) is 35.5. The fourth-order valence-electron chi connectivity index (χ4n) is 10.4. The van der Waals surface area contributed by atoms with Gasteiger partial charge in [-0.1, -0.05) is 348 Å². The molecule has 1 atom stereocenters. The van der Waals surface area contributed by atoms with Crippen LogP contribution in [0.1, 0.15) is 387 Å². The van der Waals surface area contributed by atoms with Crippen molar-refractivity contribution in [3.05, 3.63) is 0 Å². The van der Waals surface area contributed by atoms with Gasteiger partial charge in [-0.3, -0.25) is 14.4 Å². The van der Waals surface area contributed by atoms with Crippen LogP contribution in [0.25, 0.3) is 0 Å². The highest BCUT2D eigenvalue weighted by molar-refractivity contribution is 5.71. The first-order valence-electron chi connectivity index (χ1n) is 33.0. The molecule has 0 aliphatic heterocycles. The maximum atomic E-state index is 12.8. The molecular formula is C66H128O6. The first-order valence-corrected chi connectivity index (χ1v) is 33.0. The van der Waals surface area contributed by atoms with E-state index >= 15 is 0 Å². The maximum Gasteiger partial charge on any atom is 0.306 e. The SMILES string of the molecule is CCCCCCCCCCCCCCCCCCCCCCCCCCCCCCCCCCCCC(=O)OCC(COC(=O)CCCCCCCC)OC(=O)CCCCCCCCCCCCCCCC. The number of carbonyl (C=O) groups is 3. The summed E-state index contributed by atoms with van der Waals surface area (Å²) >= 11 is 0. The van der Waals surface area contributed by atoms with Crippen molar-refractivity contribution in [3.8, 4) is 0 Å². The highest BCUT2D eigenvalue weighted by Gasteiger charge is 2.19. The largest absolute Gasteiger partial charge is 0.462 e. The number of esters is 3. The Kier molecular flexibility index (Phi) is 60.6. The summed E-state index contributed by atoms with van der Waals surface area (Å²) in [7, 11) is 0. The summed E-state index contributed by atoms with van der Waals surface area (Å²) < 4.78 is 16.8. The summed E-state index contributed by atoms with van der Waals surface area (Å²) in [5.41, 5.74) is 0. The minimum Gasteiger partial charge on any atom is -0.462 e. The topological polar surface area (TPSA) is 78.9 Å². The van der Waals surface area contributed by atoms with Crippen molar-refractivity contribution in [1.82, 2.24) is 0 Å². The summed E-state index contributed by atoms with van der Waals surface area (Å²) in [5, 5.41) is 0. The summed E-state index contributed by atoms with van der Waals surface area (Å²) in [5.74, 6) is -0.845. The molecule has 0 aromatic carbocycles. The summed E-state index contributed by atoms with van der Waals surface area (Å²) in [6.45, 7) is 6.65. The second-order valence-electron chi connectivity index (χ2n) is 22.8. The Bertz CT molecular complexity index is 1080. The maximum absolute atomic E-state index is 12.8. The fraction of sp³-hybridized carbons (Fsp3) is 0.955. The molecule has 0 saturated heterocycles.